The van der Waals surface area contributed by atoms with Crippen molar-refractivity contribution < 1.29 is 9.47 Å². The lowest BCUT2D eigenvalue weighted by atomic mass is 10.2. The third-order valence-corrected chi connectivity index (χ3v) is 2.58. The number of hydrogen-bond acceptors (Lipinski definition) is 3. The SMILES string of the molecule is Cc1ccc(Cl)cc1NCC1OCCO1. The maximum Gasteiger partial charge on any atom is 0.174 e. The van der Waals surface area contributed by atoms with Crippen LogP contribution >= 0.6 is 11.6 Å². The molecule has 0 atom stereocenters. The maximum absolute atomic E-state index is 5.91. The van der Waals surface area contributed by atoms with E-state index in [9.17, 15) is 0 Å². The molecule has 1 saturated heterocycles. The van der Waals surface area contributed by atoms with Gasteiger partial charge in [0.15, 0.2) is 6.29 Å². The fraction of sp³-hybridized carbons (Fsp3) is 0.455. The standard InChI is InChI=1S/C11H14ClNO2/c1-8-2-3-9(12)6-10(8)13-7-11-14-4-5-15-11/h2-3,6,11,13H,4-5,7H2,1H3. The number of anilines is 1. The molecule has 15 heavy (non-hydrogen) atoms. The first-order valence-corrected chi connectivity index (χ1v) is 5.37. The van der Waals surface area contributed by atoms with E-state index in [2.05, 4.69) is 5.32 Å². The van der Waals surface area contributed by atoms with Crippen molar-refractivity contribution in [3.63, 3.8) is 0 Å². The molecule has 0 unspecified atom stereocenters. The summed E-state index contributed by atoms with van der Waals surface area (Å²) in [5.74, 6) is 0. The van der Waals surface area contributed by atoms with Crippen LogP contribution in [0.25, 0.3) is 0 Å². The van der Waals surface area contributed by atoms with Crippen LogP contribution in [-0.4, -0.2) is 26.0 Å². The van der Waals surface area contributed by atoms with Crippen molar-refractivity contribution in [2.45, 2.75) is 13.2 Å². The zero-order chi connectivity index (χ0) is 10.7. The van der Waals surface area contributed by atoms with Crippen molar-refractivity contribution in [2.24, 2.45) is 0 Å². The molecular weight excluding hydrogens is 214 g/mol. The minimum atomic E-state index is -0.136. The van der Waals surface area contributed by atoms with Gasteiger partial charge in [-0.05, 0) is 24.6 Å². The first kappa shape index (κ1) is 10.7. The second kappa shape index (κ2) is 4.84. The average Bonchev–Trinajstić information content (AvgIpc) is 2.72. The number of aryl methyl sites for hydroxylation is 1. The molecule has 3 nitrogen and oxygen atoms in total. The predicted molar refractivity (Wildman–Crippen MR) is 60.4 cm³/mol. The van der Waals surface area contributed by atoms with Crippen molar-refractivity contribution >= 4 is 17.3 Å². The Hall–Kier alpha value is -0.770. The third-order valence-electron chi connectivity index (χ3n) is 2.35. The van der Waals surface area contributed by atoms with E-state index in [-0.39, 0.29) is 6.29 Å². The predicted octanol–water partition coefficient (Wildman–Crippen LogP) is 2.43. The molecule has 1 aromatic rings. The van der Waals surface area contributed by atoms with Crippen molar-refractivity contribution in [1.29, 1.82) is 0 Å². The van der Waals surface area contributed by atoms with E-state index in [1.807, 2.05) is 25.1 Å². The Morgan fingerprint density at radius 2 is 2.13 bits per heavy atom. The molecular formula is C11H14ClNO2. The number of halogens is 1. The summed E-state index contributed by atoms with van der Waals surface area (Å²) in [6, 6.07) is 5.78. The lowest BCUT2D eigenvalue weighted by Crippen LogP contribution is -2.20. The van der Waals surface area contributed by atoms with Crippen LogP contribution in [0.5, 0.6) is 0 Å². The zero-order valence-electron chi connectivity index (χ0n) is 8.63. The zero-order valence-corrected chi connectivity index (χ0v) is 9.38. The topological polar surface area (TPSA) is 30.5 Å². The molecule has 0 amide bonds. The highest BCUT2D eigenvalue weighted by molar-refractivity contribution is 6.30. The molecule has 0 saturated carbocycles. The summed E-state index contributed by atoms with van der Waals surface area (Å²) < 4.78 is 10.7. The fourth-order valence-electron chi connectivity index (χ4n) is 1.50. The van der Waals surface area contributed by atoms with Gasteiger partial charge >= 0.3 is 0 Å². The van der Waals surface area contributed by atoms with Gasteiger partial charge in [0.05, 0.1) is 19.8 Å². The summed E-state index contributed by atoms with van der Waals surface area (Å²) in [5, 5.41) is 3.99. The van der Waals surface area contributed by atoms with Crippen LogP contribution in [0.15, 0.2) is 18.2 Å². The number of ether oxygens (including phenoxy) is 2. The fourth-order valence-corrected chi connectivity index (χ4v) is 1.68. The molecule has 1 aliphatic heterocycles. The van der Waals surface area contributed by atoms with Crippen molar-refractivity contribution in [2.75, 3.05) is 25.1 Å². The molecule has 0 bridgehead atoms. The molecule has 1 heterocycles. The quantitative estimate of drug-likeness (QED) is 0.861. The van der Waals surface area contributed by atoms with Crippen LogP contribution in [0.3, 0.4) is 0 Å². The largest absolute Gasteiger partial charge is 0.380 e. The third kappa shape index (κ3) is 2.84. The Kier molecular flexibility index (Phi) is 3.46. The monoisotopic (exact) mass is 227 g/mol. The smallest absolute Gasteiger partial charge is 0.174 e. The van der Waals surface area contributed by atoms with Gasteiger partial charge in [0.25, 0.3) is 0 Å². The first-order chi connectivity index (χ1) is 7.25. The van der Waals surface area contributed by atoms with Crippen LogP contribution in [0.1, 0.15) is 5.56 Å². The minimum Gasteiger partial charge on any atom is -0.380 e. The molecule has 0 radical (unpaired) electrons. The first-order valence-electron chi connectivity index (χ1n) is 4.99. The Morgan fingerprint density at radius 3 is 2.87 bits per heavy atom. The molecule has 1 aliphatic rings. The van der Waals surface area contributed by atoms with Crippen LogP contribution < -0.4 is 5.32 Å². The van der Waals surface area contributed by atoms with E-state index >= 15 is 0 Å². The molecule has 0 aromatic heterocycles. The second-order valence-corrected chi connectivity index (χ2v) is 3.95. The van der Waals surface area contributed by atoms with E-state index in [0.717, 1.165) is 16.3 Å². The number of nitrogens with one attached hydrogen (secondary N) is 1. The number of rotatable bonds is 3. The molecule has 0 spiro atoms. The highest BCUT2D eigenvalue weighted by Gasteiger charge is 2.15. The highest BCUT2D eigenvalue weighted by Crippen LogP contribution is 2.20. The van der Waals surface area contributed by atoms with Gasteiger partial charge in [0.2, 0.25) is 0 Å². The van der Waals surface area contributed by atoms with E-state index in [0.29, 0.717) is 19.8 Å². The Balaban J connectivity index is 1.94. The molecule has 82 valence electrons. The summed E-state index contributed by atoms with van der Waals surface area (Å²) in [6.45, 7) is 4.05. The molecule has 1 fully saturated rings. The Bertz CT molecular complexity index is 337. The molecule has 2 rings (SSSR count). The summed E-state index contributed by atoms with van der Waals surface area (Å²) >= 11 is 5.91. The Labute approximate surface area is 94.3 Å². The number of hydrogen-bond donors (Lipinski definition) is 1. The van der Waals surface area contributed by atoms with E-state index < -0.39 is 0 Å². The van der Waals surface area contributed by atoms with Crippen LogP contribution in [0, 0.1) is 6.92 Å². The highest BCUT2D eigenvalue weighted by atomic mass is 35.5. The molecule has 0 aliphatic carbocycles. The van der Waals surface area contributed by atoms with Crippen LogP contribution in [0.4, 0.5) is 5.69 Å². The number of benzene rings is 1. The van der Waals surface area contributed by atoms with Gasteiger partial charge < -0.3 is 14.8 Å². The van der Waals surface area contributed by atoms with Gasteiger partial charge in [-0.2, -0.15) is 0 Å². The molecule has 1 N–H and O–H groups in total. The van der Waals surface area contributed by atoms with E-state index in [1.54, 1.807) is 0 Å². The lowest BCUT2D eigenvalue weighted by Gasteiger charge is -2.13. The summed E-state index contributed by atoms with van der Waals surface area (Å²) in [6.07, 6.45) is -0.136. The maximum atomic E-state index is 5.91. The molecule has 4 heteroatoms. The van der Waals surface area contributed by atoms with Gasteiger partial charge in [-0.3, -0.25) is 0 Å². The van der Waals surface area contributed by atoms with Gasteiger partial charge in [0, 0.05) is 10.7 Å². The van der Waals surface area contributed by atoms with Gasteiger partial charge in [-0.15, -0.1) is 0 Å². The van der Waals surface area contributed by atoms with Gasteiger partial charge in [0.1, 0.15) is 0 Å². The minimum absolute atomic E-state index is 0.136. The van der Waals surface area contributed by atoms with Crippen molar-refractivity contribution in [1.82, 2.24) is 0 Å². The van der Waals surface area contributed by atoms with Crippen molar-refractivity contribution in [3.05, 3.63) is 28.8 Å². The average molecular weight is 228 g/mol. The van der Waals surface area contributed by atoms with E-state index in [4.69, 9.17) is 21.1 Å². The molecule has 1 aromatic carbocycles. The summed E-state index contributed by atoms with van der Waals surface area (Å²) in [7, 11) is 0. The van der Waals surface area contributed by atoms with Crippen LogP contribution in [0.2, 0.25) is 5.02 Å². The van der Waals surface area contributed by atoms with Crippen molar-refractivity contribution in [3.8, 4) is 0 Å². The lowest BCUT2D eigenvalue weighted by molar-refractivity contribution is -0.0299. The second-order valence-electron chi connectivity index (χ2n) is 3.51. The van der Waals surface area contributed by atoms with Crippen LogP contribution in [-0.2, 0) is 9.47 Å². The van der Waals surface area contributed by atoms with Gasteiger partial charge in [-0.1, -0.05) is 17.7 Å². The van der Waals surface area contributed by atoms with Gasteiger partial charge in [-0.25, -0.2) is 0 Å². The van der Waals surface area contributed by atoms with E-state index in [1.165, 1.54) is 0 Å². The Morgan fingerprint density at radius 1 is 1.40 bits per heavy atom. The summed E-state index contributed by atoms with van der Waals surface area (Å²) in [5.41, 5.74) is 2.19. The normalized spacial score (nSPS) is 16.9. The summed E-state index contributed by atoms with van der Waals surface area (Å²) in [4.78, 5) is 0.